The van der Waals surface area contributed by atoms with E-state index < -0.39 is 0 Å². The van der Waals surface area contributed by atoms with Gasteiger partial charge in [0.15, 0.2) is 0 Å². The number of fused-ring (bicyclic) bond motifs is 1. The molecule has 0 bridgehead atoms. The third-order valence-corrected chi connectivity index (χ3v) is 6.32. The molecular formula is C24H24Cl2N2O2. The Labute approximate surface area is 187 Å². The van der Waals surface area contributed by atoms with Crippen molar-refractivity contribution in [3.63, 3.8) is 0 Å². The summed E-state index contributed by atoms with van der Waals surface area (Å²) in [6.07, 6.45) is 3.63. The second-order valence-electron chi connectivity index (χ2n) is 7.76. The number of unbranched alkanes of at least 4 members (excludes halogenated alkanes) is 2. The summed E-state index contributed by atoms with van der Waals surface area (Å²) in [5, 5.41) is 0.873. The van der Waals surface area contributed by atoms with E-state index in [1.807, 2.05) is 17.0 Å². The van der Waals surface area contributed by atoms with E-state index in [1.54, 1.807) is 18.2 Å². The van der Waals surface area contributed by atoms with Crippen LogP contribution in [0.3, 0.4) is 0 Å². The van der Waals surface area contributed by atoms with Gasteiger partial charge in [0.05, 0.1) is 10.6 Å². The van der Waals surface area contributed by atoms with Crippen LogP contribution in [0.1, 0.15) is 42.9 Å². The Balaban J connectivity index is 1.76. The third-order valence-electron chi connectivity index (χ3n) is 5.78. The van der Waals surface area contributed by atoms with Gasteiger partial charge in [-0.25, -0.2) is 0 Å². The van der Waals surface area contributed by atoms with Crippen molar-refractivity contribution in [2.45, 2.75) is 39.2 Å². The lowest BCUT2D eigenvalue weighted by molar-refractivity contribution is -0.137. The fourth-order valence-electron chi connectivity index (χ4n) is 4.20. The minimum absolute atomic E-state index is 0.225. The molecule has 0 saturated carbocycles. The molecule has 30 heavy (non-hydrogen) atoms. The van der Waals surface area contributed by atoms with E-state index in [1.165, 1.54) is 16.0 Å². The fourth-order valence-corrected chi connectivity index (χ4v) is 4.70. The Hall–Kier alpha value is -2.30. The van der Waals surface area contributed by atoms with E-state index in [0.29, 0.717) is 46.5 Å². The minimum Gasteiger partial charge on any atom is -0.362 e. The first kappa shape index (κ1) is 21.0. The number of hydrogen-bond acceptors (Lipinski definition) is 3. The van der Waals surface area contributed by atoms with Crippen LogP contribution in [0.2, 0.25) is 10.0 Å². The molecule has 0 N–H and O–H groups in total. The largest absolute Gasteiger partial charge is 0.362 e. The van der Waals surface area contributed by atoms with Crippen LogP contribution in [0.4, 0.5) is 0 Å². The molecule has 4 nitrogen and oxygen atoms in total. The number of amides is 2. The molecule has 2 aromatic rings. The predicted molar refractivity (Wildman–Crippen MR) is 120 cm³/mol. The highest BCUT2D eigenvalue weighted by atomic mass is 35.5. The van der Waals surface area contributed by atoms with E-state index in [0.717, 1.165) is 25.7 Å². The summed E-state index contributed by atoms with van der Waals surface area (Å²) in [6.45, 7) is 3.81. The van der Waals surface area contributed by atoms with E-state index in [4.69, 9.17) is 23.2 Å². The fraction of sp³-hybridized carbons (Fsp3) is 0.333. The van der Waals surface area contributed by atoms with Crippen molar-refractivity contribution in [1.82, 2.24) is 9.80 Å². The molecule has 0 saturated heterocycles. The number of imide groups is 1. The summed E-state index contributed by atoms with van der Waals surface area (Å²) >= 11 is 12.5. The number of carbonyl (C=O) groups excluding carboxylic acids is 2. The van der Waals surface area contributed by atoms with Gasteiger partial charge in [0, 0.05) is 30.2 Å². The summed E-state index contributed by atoms with van der Waals surface area (Å²) in [7, 11) is 0. The van der Waals surface area contributed by atoms with Gasteiger partial charge in [-0.05, 0) is 36.1 Å². The molecule has 0 unspecified atom stereocenters. The molecule has 2 aliphatic rings. The number of rotatable bonds is 6. The van der Waals surface area contributed by atoms with Crippen LogP contribution in [0.15, 0.2) is 48.2 Å². The van der Waals surface area contributed by atoms with Gasteiger partial charge in [0.1, 0.15) is 5.70 Å². The van der Waals surface area contributed by atoms with E-state index in [9.17, 15) is 9.59 Å². The quantitative estimate of drug-likeness (QED) is 0.448. The number of hydrogen-bond donors (Lipinski definition) is 0. The zero-order chi connectivity index (χ0) is 21.3. The Morgan fingerprint density at radius 2 is 1.73 bits per heavy atom. The van der Waals surface area contributed by atoms with E-state index >= 15 is 0 Å². The molecule has 0 fully saturated rings. The minimum atomic E-state index is -0.269. The average Bonchev–Trinajstić information content (AvgIpc) is 2.98. The normalized spacial score (nSPS) is 16.5. The first-order valence-electron chi connectivity index (χ1n) is 10.4. The summed E-state index contributed by atoms with van der Waals surface area (Å²) in [5.74, 6) is -0.495. The maximum atomic E-state index is 13.4. The molecule has 0 aromatic heterocycles. The van der Waals surface area contributed by atoms with Crippen molar-refractivity contribution in [3.05, 3.63) is 74.9 Å². The summed E-state index contributed by atoms with van der Waals surface area (Å²) in [4.78, 5) is 30.2. The Morgan fingerprint density at radius 1 is 0.967 bits per heavy atom. The molecule has 4 rings (SSSR count). The lowest BCUT2D eigenvalue weighted by Crippen LogP contribution is -2.37. The number of nitrogens with zero attached hydrogens (tertiary/aromatic N) is 2. The highest BCUT2D eigenvalue weighted by molar-refractivity contribution is 6.41. The Kier molecular flexibility index (Phi) is 6.16. The van der Waals surface area contributed by atoms with Gasteiger partial charge in [-0.15, -0.1) is 0 Å². The summed E-state index contributed by atoms with van der Waals surface area (Å²) in [5.41, 5.74) is 3.87. The first-order chi connectivity index (χ1) is 14.5. The van der Waals surface area contributed by atoms with Crippen molar-refractivity contribution in [2.75, 3.05) is 13.1 Å². The molecule has 0 spiro atoms. The van der Waals surface area contributed by atoms with Crippen LogP contribution in [-0.2, 0) is 22.6 Å². The van der Waals surface area contributed by atoms with Gasteiger partial charge < -0.3 is 4.90 Å². The molecule has 6 heteroatoms. The van der Waals surface area contributed by atoms with Crippen molar-refractivity contribution in [2.24, 2.45) is 0 Å². The molecule has 2 amide bonds. The Bertz CT molecular complexity index is 1030. The van der Waals surface area contributed by atoms with Crippen molar-refractivity contribution >= 4 is 40.6 Å². The summed E-state index contributed by atoms with van der Waals surface area (Å²) in [6, 6.07) is 13.3. The van der Waals surface area contributed by atoms with Gasteiger partial charge in [0.2, 0.25) is 0 Å². The van der Waals surface area contributed by atoms with Gasteiger partial charge in [-0.1, -0.05) is 73.3 Å². The zero-order valence-corrected chi connectivity index (χ0v) is 18.5. The first-order valence-corrected chi connectivity index (χ1v) is 11.1. The van der Waals surface area contributed by atoms with E-state index in [2.05, 4.69) is 19.1 Å². The van der Waals surface area contributed by atoms with Crippen LogP contribution < -0.4 is 0 Å². The van der Waals surface area contributed by atoms with Gasteiger partial charge in [-0.2, -0.15) is 0 Å². The lowest BCUT2D eigenvalue weighted by Gasteiger charge is -2.31. The second kappa shape index (κ2) is 8.83. The maximum Gasteiger partial charge on any atom is 0.277 e. The topological polar surface area (TPSA) is 40.6 Å². The molecular weight excluding hydrogens is 419 g/mol. The maximum absolute atomic E-state index is 13.4. The van der Waals surface area contributed by atoms with Crippen LogP contribution in [0.5, 0.6) is 0 Å². The number of benzene rings is 2. The molecule has 156 valence electrons. The highest BCUT2D eigenvalue weighted by Gasteiger charge is 2.42. The number of carbonyl (C=O) groups is 2. The van der Waals surface area contributed by atoms with Crippen LogP contribution in [0, 0.1) is 0 Å². The van der Waals surface area contributed by atoms with Gasteiger partial charge >= 0.3 is 0 Å². The van der Waals surface area contributed by atoms with Gasteiger partial charge in [0.25, 0.3) is 11.8 Å². The molecule has 2 aromatic carbocycles. The second-order valence-corrected chi connectivity index (χ2v) is 8.60. The molecule has 0 aliphatic carbocycles. The van der Waals surface area contributed by atoms with Crippen molar-refractivity contribution in [3.8, 4) is 0 Å². The van der Waals surface area contributed by atoms with Crippen molar-refractivity contribution < 1.29 is 9.59 Å². The Morgan fingerprint density at radius 3 is 2.47 bits per heavy atom. The smallest absolute Gasteiger partial charge is 0.277 e. The summed E-state index contributed by atoms with van der Waals surface area (Å²) < 4.78 is 0. The molecule has 0 atom stereocenters. The molecule has 2 heterocycles. The number of halogens is 2. The van der Waals surface area contributed by atoms with Crippen molar-refractivity contribution in [1.29, 1.82) is 0 Å². The lowest BCUT2D eigenvalue weighted by atomic mass is 9.98. The zero-order valence-electron chi connectivity index (χ0n) is 17.0. The average molecular weight is 443 g/mol. The highest BCUT2D eigenvalue weighted by Crippen LogP contribution is 2.37. The molecule has 2 aliphatic heterocycles. The third kappa shape index (κ3) is 3.86. The SMILES string of the molecule is CCCCCN1C(=O)C(c2ccc(Cl)cc2Cl)=C(N2CCc3ccccc3C2)C1=O. The van der Waals surface area contributed by atoms with Gasteiger partial charge in [-0.3, -0.25) is 14.5 Å². The van der Waals surface area contributed by atoms with E-state index in [-0.39, 0.29) is 11.8 Å². The van der Waals surface area contributed by atoms with Crippen LogP contribution in [0.25, 0.3) is 5.57 Å². The standard InChI is InChI=1S/C24H24Cl2N2O2/c1-2-3-6-12-28-23(29)21(19-10-9-18(25)14-20(19)26)22(24(28)30)27-13-11-16-7-4-5-8-17(16)15-27/h4-5,7-10,14H,2-3,6,11-13,15H2,1H3. The monoisotopic (exact) mass is 442 g/mol. The molecule has 0 radical (unpaired) electrons. The van der Waals surface area contributed by atoms with Crippen LogP contribution >= 0.6 is 23.2 Å². The van der Waals surface area contributed by atoms with Crippen LogP contribution in [-0.4, -0.2) is 34.7 Å². The predicted octanol–water partition coefficient (Wildman–Crippen LogP) is 5.32.